The Balaban J connectivity index is 1.76. The molecule has 0 radical (unpaired) electrons. The van der Waals surface area contributed by atoms with Crippen LogP contribution in [0.25, 0.3) is 0 Å². The van der Waals surface area contributed by atoms with E-state index in [2.05, 4.69) is 5.32 Å². The van der Waals surface area contributed by atoms with Gasteiger partial charge in [0, 0.05) is 16.8 Å². The van der Waals surface area contributed by atoms with Crippen molar-refractivity contribution in [3.63, 3.8) is 0 Å². The summed E-state index contributed by atoms with van der Waals surface area (Å²) in [6.45, 7) is 0.247. The van der Waals surface area contributed by atoms with Gasteiger partial charge in [0.25, 0.3) is 5.91 Å². The van der Waals surface area contributed by atoms with Gasteiger partial charge < -0.3 is 14.8 Å². The first-order valence-corrected chi connectivity index (χ1v) is 8.56. The number of methoxy groups -OCH3 is 1. The number of hydrogen-bond donors (Lipinski definition) is 1. The van der Waals surface area contributed by atoms with E-state index in [0.29, 0.717) is 17.0 Å². The van der Waals surface area contributed by atoms with Crippen LogP contribution < -0.4 is 14.8 Å². The summed E-state index contributed by atoms with van der Waals surface area (Å²) in [6, 6.07) is 18.4. The van der Waals surface area contributed by atoms with Crippen molar-refractivity contribution in [2.75, 3.05) is 12.4 Å². The minimum absolute atomic E-state index is 0.0560. The molecule has 0 heterocycles. The van der Waals surface area contributed by atoms with E-state index in [1.54, 1.807) is 25.3 Å². The fraction of sp³-hybridized carbons (Fsp3) is 0.0952. The number of para-hydroxylation sites is 1. The molecule has 1 N–H and O–H groups in total. The first kappa shape index (κ1) is 18.7. The van der Waals surface area contributed by atoms with E-state index < -0.39 is 5.82 Å². The summed E-state index contributed by atoms with van der Waals surface area (Å²) >= 11 is 5.75. The Labute approximate surface area is 161 Å². The number of halogens is 2. The van der Waals surface area contributed by atoms with Crippen molar-refractivity contribution >= 4 is 23.2 Å². The Morgan fingerprint density at radius 3 is 2.56 bits per heavy atom. The molecule has 6 heteroatoms. The zero-order chi connectivity index (χ0) is 19.2. The average Bonchev–Trinajstić information content (AvgIpc) is 2.69. The standard InChI is InChI=1S/C21H17ClFNO3/c1-26-20-10-7-14(11-15(20)13-27-17-5-3-2-4-6-17)21(25)24-16-8-9-19(23)18(22)12-16/h2-12H,13H2,1H3,(H,24,25). The van der Waals surface area contributed by atoms with Crippen molar-refractivity contribution in [1.29, 1.82) is 0 Å². The van der Waals surface area contributed by atoms with E-state index in [-0.39, 0.29) is 17.5 Å². The molecule has 0 bridgehead atoms. The van der Waals surface area contributed by atoms with Gasteiger partial charge in [0.15, 0.2) is 0 Å². The van der Waals surface area contributed by atoms with Crippen molar-refractivity contribution in [2.24, 2.45) is 0 Å². The van der Waals surface area contributed by atoms with Crippen molar-refractivity contribution in [3.05, 3.63) is 88.7 Å². The summed E-state index contributed by atoms with van der Waals surface area (Å²) in [5.74, 6) is 0.448. The maximum absolute atomic E-state index is 13.2. The molecular formula is C21H17ClFNO3. The lowest BCUT2D eigenvalue weighted by Crippen LogP contribution is -2.13. The third-order valence-corrected chi connectivity index (χ3v) is 4.15. The predicted molar refractivity (Wildman–Crippen MR) is 103 cm³/mol. The highest BCUT2D eigenvalue weighted by atomic mass is 35.5. The molecule has 0 aliphatic heterocycles. The SMILES string of the molecule is COc1ccc(C(=O)Nc2ccc(F)c(Cl)c2)cc1COc1ccccc1. The molecule has 0 aliphatic rings. The number of nitrogens with one attached hydrogen (secondary N) is 1. The summed E-state index contributed by atoms with van der Waals surface area (Å²) in [6.07, 6.45) is 0. The summed E-state index contributed by atoms with van der Waals surface area (Å²) in [5.41, 5.74) is 1.55. The van der Waals surface area contributed by atoms with Crippen LogP contribution in [0.3, 0.4) is 0 Å². The fourth-order valence-corrected chi connectivity index (χ4v) is 2.67. The van der Waals surface area contributed by atoms with Crippen LogP contribution in [0.2, 0.25) is 5.02 Å². The first-order chi connectivity index (χ1) is 13.1. The summed E-state index contributed by atoms with van der Waals surface area (Å²) in [4.78, 5) is 12.5. The van der Waals surface area contributed by atoms with E-state index in [0.717, 1.165) is 11.3 Å². The second-order valence-corrected chi connectivity index (χ2v) is 6.12. The number of ether oxygens (including phenoxy) is 2. The largest absolute Gasteiger partial charge is 0.496 e. The van der Waals surface area contributed by atoms with Crippen LogP contribution in [0.5, 0.6) is 11.5 Å². The molecule has 0 atom stereocenters. The van der Waals surface area contributed by atoms with Gasteiger partial charge in [0.05, 0.1) is 12.1 Å². The highest BCUT2D eigenvalue weighted by Gasteiger charge is 2.12. The second-order valence-electron chi connectivity index (χ2n) is 5.71. The van der Waals surface area contributed by atoms with Gasteiger partial charge in [-0.1, -0.05) is 29.8 Å². The van der Waals surface area contributed by atoms with Gasteiger partial charge >= 0.3 is 0 Å². The number of carbonyl (C=O) groups is 1. The van der Waals surface area contributed by atoms with Crippen molar-refractivity contribution < 1.29 is 18.7 Å². The zero-order valence-corrected chi connectivity index (χ0v) is 15.3. The Kier molecular flexibility index (Phi) is 5.94. The molecule has 0 aliphatic carbocycles. The van der Waals surface area contributed by atoms with E-state index >= 15 is 0 Å². The molecule has 0 fully saturated rings. The van der Waals surface area contributed by atoms with Crippen LogP contribution in [-0.2, 0) is 6.61 Å². The van der Waals surface area contributed by atoms with Crippen LogP contribution in [0.4, 0.5) is 10.1 Å². The topological polar surface area (TPSA) is 47.6 Å². The lowest BCUT2D eigenvalue weighted by molar-refractivity contribution is 0.102. The van der Waals surface area contributed by atoms with Crippen molar-refractivity contribution in [1.82, 2.24) is 0 Å². The van der Waals surface area contributed by atoms with E-state index in [1.807, 2.05) is 30.3 Å². The molecule has 138 valence electrons. The maximum atomic E-state index is 13.2. The maximum Gasteiger partial charge on any atom is 0.255 e. The van der Waals surface area contributed by atoms with Gasteiger partial charge in [-0.3, -0.25) is 4.79 Å². The monoisotopic (exact) mass is 385 g/mol. The molecule has 0 unspecified atom stereocenters. The van der Waals surface area contributed by atoms with Crippen molar-refractivity contribution in [3.8, 4) is 11.5 Å². The first-order valence-electron chi connectivity index (χ1n) is 8.18. The summed E-state index contributed by atoms with van der Waals surface area (Å²) in [5, 5.41) is 2.64. The molecule has 0 aromatic heterocycles. The third kappa shape index (κ3) is 4.77. The Bertz CT molecular complexity index is 947. The van der Waals surface area contributed by atoms with Gasteiger partial charge in [0.1, 0.15) is 23.9 Å². The Morgan fingerprint density at radius 1 is 1.07 bits per heavy atom. The number of amides is 1. The quantitative estimate of drug-likeness (QED) is 0.624. The molecule has 3 aromatic rings. The number of benzene rings is 3. The van der Waals surface area contributed by atoms with E-state index in [1.165, 1.54) is 18.2 Å². The van der Waals surface area contributed by atoms with Crippen LogP contribution >= 0.6 is 11.6 Å². The number of rotatable bonds is 6. The van der Waals surface area contributed by atoms with Gasteiger partial charge in [-0.05, 0) is 48.5 Å². The molecule has 1 amide bonds. The van der Waals surface area contributed by atoms with Crippen LogP contribution in [-0.4, -0.2) is 13.0 Å². The lowest BCUT2D eigenvalue weighted by atomic mass is 10.1. The van der Waals surface area contributed by atoms with E-state index in [4.69, 9.17) is 21.1 Å². The van der Waals surface area contributed by atoms with Crippen LogP contribution in [0, 0.1) is 5.82 Å². The van der Waals surface area contributed by atoms with Gasteiger partial charge in [0.2, 0.25) is 0 Å². The smallest absolute Gasteiger partial charge is 0.255 e. The molecule has 0 saturated heterocycles. The molecule has 3 rings (SSSR count). The molecule has 4 nitrogen and oxygen atoms in total. The van der Waals surface area contributed by atoms with Gasteiger partial charge in [-0.25, -0.2) is 4.39 Å². The highest BCUT2D eigenvalue weighted by molar-refractivity contribution is 6.31. The normalized spacial score (nSPS) is 10.3. The number of anilines is 1. The van der Waals surface area contributed by atoms with E-state index in [9.17, 15) is 9.18 Å². The molecule has 0 saturated carbocycles. The minimum Gasteiger partial charge on any atom is -0.496 e. The van der Waals surface area contributed by atoms with Gasteiger partial charge in [-0.15, -0.1) is 0 Å². The molecule has 0 spiro atoms. The summed E-state index contributed by atoms with van der Waals surface area (Å²) < 4.78 is 24.3. The highest BCUT2D eigenvalue weighted by Crippen LogP contribution is 2.24. The molecular weight excluding hydrogens is 369 g/mol. The molecule has 3 aromatic carbocycles. The predicted octanol–water partition coefficient (Wildman–Crippen LogP) is 5.32. The number of hydrogen-bond acceptors (Lipinski definition) is 3. The van der Waals surface area contributed by atoms with Crippen molar-refractivity contribution in [2.45, 2.75) is 6.61 Å². The zero-order valence-electron chi connectivity index (χ0n) is 14.5. The third-order valence-electron chi connectivity index (χ3n) is 3.86. The lowest BCUT2D eigenvalue weighted by Gasteiger charge is -2.12. The summed E-state index contributed by atoms with van der Waals surface area (Å²) in [7, 11) is 1.56. The minimum atomic E-state index is -0.542. The Morgan fingerprint density at radius 2 is 1.85 bits per heavy atom. The fourth-order valence-electron chi connectivity index (χ4n) is 2.49. The Hall–Kier alpha value is -3.05. The second kappa shape index (κ2) is 8.56. The van der Waals surface area contributed by atoms with Gasteiger partial charge in [-0.2, -0.15) is 0 Å². The van der Waals surface area contributed by atoms with Crippen LogP contribution in [0.1, 0.15) is 15.9 Å². The molecule has 27 heavy (non-hydrogen) atoms. The van der Waals surface area contributed by atoms with Crippen LogP contribution in [0.15, 0.2) is 66.7 Å². The average molecular weight is 386 g/mol. The number of carbonyl (C=O) groups excluding carboxylic acids is 1.